The van der Waals surface area contributed by atoms with Crippen LogP contribution in [0.2, 0.25) is 0 Å². The van der Waals surface area contributed by atoms with E-state index in [1.807, 2.05) is 13.0 Å². The van der Waals surface area contributed by atoms with Crippen molar-refractivity contribution in [1.82, 2.24) is 9.97 Å². The maximum absolute atomic E-state index is 14.1. The van der Waals surface area contributed by atoms with Crippen molar-refractivity contribution in [3.63, 3.8) is 0 Å². The smallest absolute Gasteiger partial charge is 0.246 e. The normalized spacial score (nSPS) is 14.9. The van der Waals surface area contributed by atoms with Gasteiger partial charge in [-0.3, -0.25) is 0 Å². The predicted molar refractivity (Wildman–Crippen MR) is 93.8 cm³/mol. The zero-order valence-corrected chi connectivity index (χ0v) is 14.1. The fourth-order valence-corrected chi connectivity index (χ4v) is 3.21. The van der Waals surface area contributed by atoms with Crippen LogP contribution in [0.25, 0.3) is 22.0 Å². The number of nitrogens with two attached hydrogens (primary N) is 2. The molecule has 6 nitrogen and oxygen atoms in total. The van der Waals surface area contributed by atoms with Gasteiger partial charge in [0.1, 0.15) is 11.6 Å². The van der Waals surface area contributed by atoms with E-state index in [0.29, 0.717) is 28.0 Å². The largest absolute Gasteiger partial charge is 0.449 e. The Morgan fingerprint density at radius 3 is 2.56 bits per heavy atom. The molecule has 0 bridgehead atoms. The second-order valence-corrected chi connectivity index (χ2v) is 6.48. The zero-order chi connectivity index (χ0) is 17.9. The number of hydrogen-bond donors (Lipinski definition) is 2. The molecule has 0 radical (unpaired) electrons. The summed E-state index contributed by atoms with van der Waals surface area (Å²) in [6.07, 6.45) is 0. The highest BCUT2D eigenvalue weighted by Crippen LogP contribution is 2.48. The quantitative estimate of drug-likeness (QED) is 0.704. The molecule has 2 aromatic carbocycles. The van der Waals surface area contributed by atoms with Gasteiger partial charge in [-0.1, -0.05) is 6.07 Å². The first-order valence-electron chi connectivity index (χ1n) is 7.79. The molecule has 0 fully saturated rings. The monoisotopic (exact) mass is 340 g/mol. The minimum atomic E-state index is -0.855. The van der Waals surface area contributed by atoms with E-state index in [1.165, 1.54) is 12.1 Å². The number of ether oxygens (including phenoxy) is 2. The van der Waals surface area contributed by atoms with E-state index in [9.17, 15) is 4.39 Å². The number of rotatable bonds is 1. The van der Waals surface area contributed by atoms with Gasteiger partial charge in [0.05, 0.1) is 5.52 Å². The molecule has 0 aliphatic carbocycles. The highest BCUT2D eigenvalue weighted by molar-refractivity contribution is 5.97. The predicted octanol–water partition coefficient (Wildman–Crippen LogP) is 3.42. The van der Waals surface area contributed by atoms with E-state index >= 15 is 0 Å². The highest BCUT2D eigenvalue weighted by atomic mass is 19.1. The molecule has 0 saturated heterocycles. The van der Waals surface area contributed by atoms with Gasteiger partial charge < -0.3 is 20.9 Å². The number of aromatic nitrogens is 2. The molecule has 3 aromatic rings. The Morgan fingerprint density at radius 2 is 1.80 bits per heavy atom. The lowest BCUT2D eigenvalue weighted by Gasteiger charge is -2.17. The molecule has 128 valence electrons. The fourth-order valence-electron chi connectivity index (χ4n) is 3.21. The van der Waals surface area contributed by atoms with Crippen LogP contribution >= 0.6 is 0 Å². The Bertz CT molecular complexity index is 1030. The summed E-state index contributed by atoms with van der Waals surface area (Å²) in [5.74, 6) is 0.0159. The SMILES string of the molecule is Cc1c(-c2cc(F)cc3c2OC(C)(C)O3)ccc2nc(N)nc(N)c12. The third kappa shape index (κ3) is 2.39. The van der Waals surface area contributed by atoms with Crippen LogP contribution in [0.3, 0.4) is 0 Å². The van der Waals surface area contributed by atoms with Gasteiger partial charge >= 0.3 is 0 Å². The first-order chi connectivity index (χ1) is 11.7. The molecule has 7 heteroatoms. The van der Waals surface area contributed by atoms with Crippen LogP contribution in [-0.2, 0) is 0 Å². The summed E-state index contributed by atoms with van der Waals surface area (Å²) in [5.41, 5.74) is 14.5. The van der Waals surface area contributed by atoms with Crippen LogP contribution in [-0.4, -0.2) is 15.8 Å². The highest BCUT2D eigenvalue weighted by Gasteiger charge is 2.35. The zero-order valence-electron chi connectivity index (χ0n) is 14.1. The molecule has 0 saturated carbocycles. The molecule has 2 heterocycles. The second kappa shape index (κ2) is 4.95. The number of fused-ring (bicyclic) bond motifs is 2. The van der Waals surface area contributed by atoms with E-state index < -0.39 is 11.6 Å². The Morgan fingerprint density at radius 1 is 1.04 bits per heavy atom. The van der Waals surface area contributed by atoms with E-state index in [0.717, 1.165) is 11.1 Å². The van der Waals surface area contributed by atoms with E-state index in [1.54, 1.807) is 19.9 Å². The average molecular weight is 340 g/mol. The van der Waals surface area contributed by atoms with Crippen LogP contribution in [0.5, 0.6) is 11.5 Å². The van der Waals surface area contributed by atoms with Gasteiger partial charge in [-0.2, -0.15) is 4.98 Å². The summed E-state index contributed by atoms with van der Waals surface area (Å²) in [5, 5.41) is 0.683. The Labute approximate surface area is 143 Å². The number of nitrogens with zero attached hydrogens (tertiary/aromatic N) is 2. The lowest BCUT2D eigenvalue weighted by molar-refractivity contribution is -0.0429. The standard InChI is InChI=1S/C18H17FN4O2/c1-8-10(4-5-12-14(8)16(20)23-17(21)22-12)11-6-9(19)7-13-15(11)25-18(2,3)24-13/h4-7H,1-3H3,(H4,20,21,22,23). The van der Waals surface area contributed by atoms with Crippen molar-refractivity contribution < 1.29 is 13.9 Å². The molecular weight excluding hydrogens is 323 g/mol. The van der Waals surface area contributed by atoms with Crippen molar-refractivity contribution in [3.8, 4) is 22.6 Å². The van der Waals surface area contributed by atoms with Crippen LogP contribution in [0.15, 0.2) is 24.3 Å². The van der Waals surface area contributed by atoms with Crippen molar-refractivity contribution in [1.29, 1.82) is 0 Å². The number of anilines is 2. The van der Waals surface area contributed by atoms with Gasteiger partial charge in [-0.15, -0.1) is 0 Å². The van der Waals surface area contributed by atoms with Crippen LogP contribution in [0.1, 0.15) is 19.4 Å². The molecular formula is C18H17FN4O2. The summed E-state index contributed by atoms with van der Waals surface area (Å²) < 4.78 is 25.7. The van der Waals surface area contributed by atoms with Gasteiger partial charge in [0.25, 0.3) is 0 Å². The Balaban J connectivity index is 2.00. The van der Waals surface area contributed by atoms with Crippen molar-refractivity contribution in [3.05, 3.63) is 35.6 Å². The van der Waals surface area contributed by atoms with Crippen LogP contribution in [0.4, 0.5) is 16.2 Å². The maximum atomic E-state index is 14.1. The number of nitrogen functional groups attached to an aromatic ring is 2. The summed E-state index contributed by atoms with van der Waals surface area (Å²) in [6, 6.07) is 6.37. The first-order valence-corrected chi connectivity index (χ1v) is 7.79. The van der Waals surface area contributed by atoms with Gasteiger partial charge in [0.15, 0.2) is 11.5 Å². The molecule has 1 aliphatic rings. The molecule has 0 amide bonds. The topological polar surface area (TPSA) is 96.3 Å². The molecule has 0 unspecified atom stereocenters. The molecule has 0 atom stereocenters. The molecule has 4 rings (SSSR count). The third-order valence-corrected chi connectivity index (χ3v) is 4.18. The summed E-state index contributed by atoms with van der Waals surface area (Å²) in [4.78, 5) is 8.23. The molecule has 1 aliphatic heterocycles. The van der Waals surface area contributed by atoms with E-state index in [-0.39, 0.29) is 11.8 Å². The Hall–Kier alpha value is -3.09. The second-order valence-electron chi connectivity index (χ2n) is 6.48. The lowest BCUT2D eigenvalue weighted by atomic mass is 9.96. The molecule has 25 heavy (non-hydrogen) atoms. The third-order valence-electron chi connectivity index (χ3n) is 4.18. The van der Waals surface area contributed by atoms with Crippen molar-refractivity contribution >= 4 is 22.7 Å². The number of aryl methyl sites for hydroxylation is 1. The van der Waals surface area contributed by atoms with E-state index in [2.05, 4.69) is 9.97 Å². The molecule has 0 spiro atoms. The minimum absolute atomic E-state index is 0.113. The fraction of sp³-hybridized carbons (Fsp3) is 0.222. The summed E-state index contributed by atoms with van der Waals surface area (Å²) in [7, 11) is 0. The average Bonchev–Trinajstić information content (AvgIpc) is 2.80. The molecule has 4 N–H and O–H groups in total. The van der Waals surface area contributed by atoms with Gasteiger partial charge in [0, 0.05) is 30.9 Å². The van der Waals surface area contributed by atoms with Crippen LogP contribution < -0.4 is 20.9 Å². The minimum Gasteiger partial charge on any atom is -0.449 e. The van der Waals surface area contributed by atoms with Gasteiger partial charge in [-0.05, 0) is 30.2 Å². The number of halogens is 1. The lowest BCUT2D eigenvalue weighted by Crippen LogP contribution is -2.29. The Kier molecular flexibility index (Phi) is 3.06. The number of hydrogen-bond acceptors (Lipinski definition) is 6. The van der Waals surface area contributed by atoms with Gasteiger partial charge in [0.2, 0.25) is 11.7 Å². The maximum Gasteiger partial charge on any atom is 0.246 e. The summed E-state index contributed by atoms with van der Waals surface area (Å²) >= 11 is 0. The van der Waals surface area contributed by atoms with Crippen molar-refractivity contribution in [2.75, 3.05) is 11.5 Å². The molecule has 1 aromatic heterocycles. The number of benzene rings is 2. The van der Waals surface area contributed by atoms with Crippen LogP contribution in [0, 0.1) is 12.7 Å². The first kappa shape index (κ1) is 15.4. The summed E-state index contributed by atoms with van der Waals surface area (Å²) in [6.45, 7) is 5.43. The van der Waals surface area contributed by atoms with E-state index in [4.69, 9.17) is 20.9 Å². The van der Waals surface area contributed by atoms with Crippen molar-refractivity contribution in [2.24, 2.45) is 0 Å². The van der Waals surface area contributed by atoms with Gasteiger partial charge in [-0.25, -0.2) is 9.37 Å². The van der Waals surface area contributed by atoms with Crippen molar-refractivity contribution in [2.45, 2.75) is 26.6 Å².